The topological polar surface area (TPSA) is 65.7 Å². The molecule has 0 amide bonds. The van der Waals surface area contributed by atoms with Crippen molar-refractivity contribution in [2.45, 2.75) is 59.5 Å². The zero-order valence-electron chi connectivity index (χ0n) is 18.0. The number of hydrogen-bond donors (Lipinski definition) is 2. The van der Waals surface area contributed by atoms with Crippen molar-refractivity contribution in [3.05, 3.63) is 39.4 Å². The van der Waals surface area contributed by atoms with Gasteiger partial charge in [-0.3, -0.25) is 4.90 Å². The maximum atomic E-state index is 5.47. The van der Waals surface area contributed by atoms with Gasteiger partial charge < -0.3 is 15.2 Å². The van der Waals surface area contributed by atoms with Crippen LogP contribution in [0.1, 0.15) is 55.5 Å². The number of likely N-dealkylation sites (tertiary alicyclic amines) is 1. The highest BCUT2D eigenvalue weighted by Crippen LogP contribution is 2.20. The number of hydrogen-bond acceptors (Lipinski definition) is 5. The molecular weight excluding hydrogens is 382 g/mol. The first kappa shape index (κ1) is 21.8. The Kier molecular flexibility index (Phi) is 8.55. The van der Waals surface area contributed by atoms with Crippen LogP contribution >= 0.6 is 11.3 Å². The summed E-state index contributed by atoms with van der Waals surface area (Å²) in [5, 5.41) is 13.3. The van der Waals surface area contributed by atoms with Crippen molar-refractivity contribution in [3.63, 3.8) is 0 Å². The molecule has 2 aromatic rings. The van der Waals surface area contributed by atoms with Gasteiger partial charge in [0.05, 0.1) is 12.2 Å². The molecule has 1 saturated heterocycles. The van der Waals surface area contributed by atoms with E-state index in [0.29, 0.717) is 12.5 Å². The Bertz CT molecular complexity index is 734. The number of guanidine groups is 1. The van der Waals surface area contributed by atoms with E-state index in [9.17, 15) is 0 Å². The highest BCUT2D eigenvalue weighted by Gasteiger charge is 2.20. The van der Waals surface area contributed by atoms with Crippen LogP contribution in [0.15, 0.2) is 27.0 Å². The highest BCUT2D eigenvalue weighted by atomic mass is 32.1. The van der Waals surface area contributed by atoms with Crippen molar-refractivity contribution in [1.82, 2.24) is 20.7 Å². The molecule has 1 aliphatic heterocycles. The van der Waals surface area contributed by atoms with Crippen LogP contribution < -0.4 is 10.6 Å². The van der Waals surface area contributed by atoms with Crippen molar-refractivity contribution in [2.24, 2.45) is 10.9 Å². The zero-order chi connectivity index (χ0) is 20.5. The quantitative estimate of drug-likeness (QED) is 0.479. The maximum Gasteiger partial charge on any atom is 0.191 e. The third-order valence-corrected chi connectivity index (χ3v) is 6.33. The molecule has 2 N–H and O–H groups in total. The van der Waals surface area contributed by atoms with Gasteiger partial charge in [0.25, 0.3) is 0 Å². The monoisotopic (exact) mass is 417 g/mol. The van der Waals surface area contributed by atoms with Gasteiger partial charge in [-0.2, -0.15) is 0 Å². The Balaban J connectivity index is 1.54. The SMILES string of the molecule is CCNC(=NCc1c(CC)noc1CC)NCC1CCCN(Cc2cccs2)C1. The Hall–Kier alpha value is -1.86. The summed E-state index contributed by atoms with van der Waals surface area (Å²) in [4.78, 5) is 8.87. The summed E-state index contributed by atoms with van der Waals surface area (Å²) in [6, 6.07) is 4.38. The molecule has 1 unspecified atom stereocenters. The molecule has 29 heavy (non-hydrogen) atoms. The minimum absolute atomic E-state index is 0.611. The van der Waals surface area contributed by atoms with Crippen LogP contribution in [0.4, 0.5) is 0 Å². The molecular formula is C22H35N5OS. The smallest absolute Gasteiger partial charge is 0.191 e. The van der Waals surface area contributed by atoms with E-state index in [1.54, 1.807) is 0 Å². The molecule has 0 spiro atoms. The first-order valence-electron chi connectivity index (χ1n) is 11.0. The van der Waals surface area contributed by atoms with Crippen molar-refractivity contribution in [2.75, 3.05) is 26.2 Å². The molecule has 2 aromatic heterocycles. The van der Waals surface area contributed by atoms with Crippen LogP contribution in [-0.2, 0) is 25.9 Å². The maximum absolute atomic E-state index is 5.47. The van der Waals surface area contributed by atoms with Crippen LogP contribution in [0.2, 0.25) is 0 Å². The lowest BCUT2D eigenvalue weighted by molar-refractivity contribution is 0.169. The van der Waals surface area contributed by atoms with Crippen molar-refractivity contribution < 1.29 is 4.52 Å². The second-order valence-corrected chi connectivity index (χ2v) is 8.67. The van der Waals surface area contributed by atoms with Crippen LogP contribution in [0, 0.1) is 5.92 Å². The Morgan fingerprint density at radius 1 is 1.31 bits per heavy atom. The van der Waals surface area contributed by atoms with E-state index in [-0.39, 0.29) is 0 Å². The molecule has 0 bridgehead atoms. The first-order valence-corrected chi connectivity index (χ1v) is 11.8. The number of rotatable bonds is 9. The van der Waals surface area contributed by atoms with E-state index in [1.165, 1.54) is 24.3 Å². The normalized spacial score (nSPS) is 18.2. The standard InChI is InChI=1S/C22H35N5OS/c1-4-20-19(21(5-2)28-26-20)14-25-22(23-6-3)24-13-17-9-7-11-27(15-17)16-18-10-8-12-29-18/h8,10,12,17H,4-7,9,11,13-16H2,1-3H3,(H2,23,24,25). The second-order valence-electron chi connectivity index (χ2n) is 7.64. The van der Waals surface area contributed by atoms with Crippen molar-refractivity contribution in [1.29, 1.82) is 0 Å². The second kappa shape index (κ2) is 11.4. The number of nitrogens with zero attached hydrogens (tertiary/aromatic N) is 3. The largest absolute Gasteiger partial charge is 0.361 e. The van der Waals surface area contributed by atoms with Gasteiger partial charge in [-0.1, -0.05) is 25.1 Å². The predicted molar refractivity (Wildman–Crippen MR) is 120 cm³/mol. The molecule has 0 saturated carbocycles. The molecule has 3 heterocycles. The van der Waals surface area contributed by atoms with Crippen LogP contribution in [0.3, 0.4) is 0 Å². The Labute approximate surface area is 178 Å². The van der Waals surface area contributed by atoms with E-state index in [4.69, 9.17) is 9.52 Å². The third kappa shape index (κ3) is 6.31. The Morgan fingerprint density at radius 2 is 2.21 bits per heavy atom. The van der Waals surface area contributed by atoms with Crippen molar-refractivity contribution >= 4 is 17.3 Å². The Morgan fingerprint density at radius 3 is 2.93 bits per heavy atom. The first-order chi connectivity index (χ1) is 14.2. The summed E-state index contributed by atoms with van der Waals surface area (Å²) in [6.07, 6.45) is 4.27. The predicted octanol–water partition coefficient (Wildman–Crippen LogP) is 3.83. The fraction of sp³-hybridized carbons (Fsp3) is 0.636. The van der Waals surface area contributed by atoms with Gasteiger partial charge in [0.15, 0.2) is 5.96 Å². The number of aromatic nitrogens is 1. The van der Waals surface area contributed by atoms with E-state index < -0.39 is 0 Å². The fourth-order valence-electron chi connectivity index (χ4n) is 3.94. The average Bonchev–Trinajstić information content (AvgIpc) is 3.39. The van der Waals surface area contributed by atoms with Gasteiger partial charge in [0, 0.05) is 43.0 Å². The molecule has 160 valence electrons. The van der Waals surface area contributed by atoms with Gasteiger partial charge in [-0.05, 0) is 50.1 Å². The molecule has 0 radical (unpaired) electrons. The van der Waals surface area contributed by atoms with Crippen LogP contribution in [-0.4, -0.2) is 42.2 Å². The van der Waals surface area contributed by atoms with Crippen LogP contribution in [0.25, 0.3) is 0 Å². The molecule has 3 rings (SSSR count). The lowest BCUT2D eigenvalue weighted by Gasteiger charge is -2.32. The molecule has 1 fully saturated rings. The summed E-state index contributed by atoms with van der Waals surface area (Å²) in [5.41, 5.74) is 2.17. The zero-order valence-corrected chi connectivity index (χ0v) is 18.9. The molecule has 0 aromatic carbocycles. The summed E-state index contributed by atoms with van der Waals surface area (Å²) in [5.74, 6) is 2.49. The lowest BCUT2D eigenvalue weighted by Crippen LogP contribution is -2.44. The summed E-state index contributed by atoms with van der Waals surface area (Å²) in [7, 11) is 0. The fourth-order valence-corrected chi connectivity index (χ4v) is 4.69. The lowest BCUT2D eigenvalue weighted by atomic mass is 9.98. The summed E-state index contributed by atoms with van der Waals surface area (Å²) >= 11 is 1.85. The van der Waals surface area contributed by atoms with E-state index in [1.807, 2.05) is 11.3 Å². The third-order valence-electron chi connectivity index (χ3n) is 5.47. The number of piperidine rings is 1. The number of aliphatic imine (C=N–C) groups is 1. The molecule has 6 nitrogen and oxygen atoms in total. The molecule has 1 atom stereocenters. The summed E-state index contributed by atoms with van der Waals surface area (Å²) < 4.78 is 5.47. The molecule has 0 aliphatic carbocycles. The average molecular weight is 418 g/mol. The van der Waals surface area contributed by atoms with E-state index in [0.717, 1.165) is 62.0 Å². The van der Waals surface area contributed by atoms with E-state index in [2.05, 4.69) is 59.0 Å². The number of thiophene rings is 1. The minimum Gasteiger partial charge on any atom is -0.361 e. The number of nitrogens with one attached hydrogen (secondary N) is 2. The van der Waals surface area contributed by atoms with Gasteiger partial charge in [0.2, 0.25) is 0 Å². The van der Waals surface area contributed by atoms with Gasteiger partial charge >= 0.3 is 0 Å². The van der Waals surface area contributed by atoms with Gasteiger partial charge in [-0.25, -0.2) is 4.99 Å². The van der Waals surface area contributed by atoms with Gasteiger partial charge in [-0.15, -0.1) is 11.3 Å². The highest BCUT2D eigenvalue weighted by molar-refractivity contribution is 7.09. The summed E-state index contributed by atoms with van der Waals surface area (Å²) in [6.45, 7) is 12.2. The van der Waals surface area contributed by atoms with Crippen LogP contribution in [0.5, 0.6) is 0 Å². The number of aryl methyl sites for hydroxylation is 2. The van der Waals surface area contributed by atoms with Gasteiger partial charge in [0.1, 0.15) is 5.76 Å². The van der Waals surface area contributed by atoms with Crippen molar-refractivity contribution in [3.8, 4) is 0 Å². The molecule has 1 aliphatic rings. The molecule has 7 heteroatoms. The van der Waals surface area contributed by atoms with E-state index >= 15 is 0 Å². The minimum atomic E-state index is 0.611.